The van der Waals surface area contributed by atoms with Crippen LogP contribution in [0.5, 0.6) is 0 Å². The van der Waals surface area contributed by atoms with Crippen LogP contribution in [0.1, 0.15) is 18.6 Å². The lowest BCUT2D eigenvalue weighted by molar-refractivity contribution is 0.0307. The summed E-state index contributed by atoms with van der Waals surface area (Å²) in [6, 6.07) is 3.06. The van der Waals surface area contributed by atoms with E-state index in [0.717, 1.165) is 12.1 Å². The van der Waals surface area contributed by atoms with Crippen LogP contribution in [0.2, 0.25) is 0 Å². The summed E-state index contributed by atoms with van der Waals surface area (Å²) in [6.45, 7) is 2.46. The molecular formula is C14H22F2N2O2. The topological polar surface area (TPSA) is 55.7 Å². The van der Waals surface area contributed by atoms with E-state index >= 15 is 0 Å². The zero-order chi connectivity index (χ0) is 15.3. The van der Waals surface area contributed by atoms with Crippen molar-refractivity contribution in [3.8, 4) is 0 Å². The van der Waals surface area contributed by atoms with Gasteiger partial charge >= 0.3 is 0 Å². The molecule has 1 aromatic carbocycles. The van der Waals surface area contributed by atoms with Crippen LogP contribution in [0, 0.1) is 11.6 Å². The molecule has 0 saturated carbocycles. The van der Waals surface area contributed by atoms with Gasteiger partial charge in [-0.05, 0) is 27.1 Å². The molecular weight excluding hydrogens is 266 g/mol. The van der Waals surface area contributed by atoms with Crippen LogP contribution in [-0.4, -0.2) is 54.4 Å². The molecule has 0 aliphatic heterocycles. The summed E-state index contributed by atoms with van der Waals surface area (Å²) >= 11 is 0. The summed E-state index contributed by atoms with van der Waals surface area (Å²) in [5.74, 6) is -1.46. The number of aliphatic hydroxyl groups is 2. The quantitative estimate of drug-likeness (QED) is 0.698. The number of hydrogen-bond acceptors (Lipinski definition) is 4. The van der Waals surface area contributed by atoms with Gasteiger partial charge in [-0.2, -0.15) is 0 Å². The van der Waals surface area contributed by atoms with E-state index in [9.17, 15) is 19.0 Å². The smallest absolute Gasteiger partial charge is 0.131 e. The van der Waals surface area contributed by atoms with Gasteiger partial charge in [-0.15, -0.1) is 0 Å². The molecule has 0 saturated heterocycles. The Bertz CT molecular complexity index is 439. The van der Waals surface area contributed by atoms with E-state index < -0.39 is 23.3 Å². The van der Waals surface area contributed by atoms with Gasteiger partial charge in [0.2, 0.25) is 0 Å². The van der Waals surface area contributed by atoms with Crippen LogP contribution in [0.15, 0.2) is 18.2 Å². The number of rotatable bonds is 7. The van der Waals surface area contributed by atoms with E-state index in [0.29, 0.717) is 6.54 Å². The Kier molecular flexibility index (Phi) is 6.01. The highest BCUT2D eigenvalue weighted by Crippen LogP contribution is 2.17. The summed E-state index contributed by atoms with van der Waals surface area (Å²) in [5, 5.41) is 22.8. The summed E-state index contributed by atoms with van der Waals surface area (Å²) < 4.78 is 26.2. The highest BCUT2D eigenvalue weighted by atomic mass is 19.1. The SMILES string of the molecule is CN(C)CC(C)(O)CNCC(O)c1ccc(F)cc1F. The zero-order valence-corrected chi connectivity index (χ0v) is 12.0. The fourth-order valence-corrected chi connectivity index (χ4v) is 2.10. The standard InChI is InChI=1S/C14H22F2N2O2/c1-14(20,9-18(2)3)8-17-7-13(19)11-5-4-10(15)6-12(11)16/h4-6,13,17,19-20H,7-9H2,1-3H3. The highest BCUT2D eigenvalue weighted by Gasteiger charge is 2.21. The van der Waals surface area contributed by atoms with Crippen molar-refractivity contribution in [2.45, 2.75) is 18.6 Å². The monoisotopic (exact) mass is 288 g/mol. The normalized spacial score (nSPS) is 16.2. The third kappa shape index (κ3) is 5.50. The molecule has 0 aromatic heterocycles. The second-order valence-electron chi connectivity index (χ2n) is 5.55. The van der Waals surface area contributed by atoms with Crippen molar-refractivity contribution in [3.05, 3.63) is 35.4 Å². The Labute approximate surface area is 118 Å². The minimum atomic E-state index is -1.09. The molecule has 0 radical (unpaired) electrons. The maximum absolute atomic E-state index is 13.5. The van der Waals surface area contributed by atoms with Crippen LogP contribution < -0.4 is 5.32 Å². The minimum absolute atomic E-state index is 0.0335. The van der Waals surface area contributed by atoms with Gasteiger partial charge in [0.1, 0.15) is 11.6 Å². The number of hydrogen-bond donors (Lipinski definition) is 3. The van der Waals surface area contributed by atoms with Crippen LogP contribution in [0.25, 0.3) is 0 Å². The molecule has 1 rings (SSSR count). The molecule has 6 heteroatoms. The molecule has 0 aliphatic carbocycles. The van der Waals surface area contributed by atoms with Crippen molar-refractivity contribution >= 4 is 0 Å². The second kappa shape index (κ2) is 7.08. The van der Waals surface area contributed by atoms with Gasteiger partial charge < -0.3 is 20.4 Å². The zero-order valence-electron chi connectivity index (χ0n) is 12.0. The Morgan fingerprint density at radius 1 is 1.35 bits per heavy atom. The number of likely N-dealkylation sites (N-methyl/N-ethyl adjacent to an activating group) is 1. The maximum Gasteiger partial charge on any atom is 0.131 e. The molecule has 0 heterocycles. The largest absolute Gasteiger partial charge is 0.388 e. The van der Waals surface area contributed by atoms with E-state index in [1.165, 1.54) is 6.07 Å². The van der Waals surface area contributed by atoms with E-state index in [-0.39, 0.29) is 18.7 Å². The summed E-state index contributed by atoms with van der Waals surface area (Å²) in [7, 11) is 3.69. The van der Waals surface area contributed by atoms with Crippen LogP contribution >= 0.6 is 0 Å². The first kappa shape index (κ1) is 17.0. The Morgan fingerprint density at radius 2 is 2.00 bits per heavy atom. The minimum Gasteiger partial charge on any atom is -0.388 e. The molecule has 0 bridgehead atoms. The van der Waals surface area contributed by atoms with Crippen molar-refractivity contribution in [2.75, 3.05) is 33.7 Å². The van der Waals surface area contributed by atoms with Gasteiger partial charge in [0, 0.05) is 31.3 Å². The van der Waals surface area contributed by atoms with Gasteiger partial charge in [-0.1, -0.05) is 6.07 Å². The predicted octanol–water partition coefficient (Wildman–Crippen LogP) is 0.900. The van der Waals surface area contributed by atoms with Crippen molar-refractivity contribution < 1.29 is 19.0 Å². The second-order valence-corrected chi connectivity index (χ2v) is 5.55. The molecule has 2 unspecified atom stereocenters. The number of halogens is 2. The average Bonchev–Trinajstić information content (AvgIpc) is 2.26. The Morgan fingerprint density at radius 3 is 2.55 bits per heavy atom. The van der Waals surface area contributed by atoms with E-state index in [1.54, 1.807) is 6.92 Å². The lowest BCUT2D eigenvalue weighted by atomic mass is 10.1. The van der Waals surface area contributed by atoms with Crippen molar-refractivity contribution in [2.24, 2.45) is 0 Å². The molecule has 0 aliphatic rings. The van der Waals surface area contributed by atoms with E-state index in [2.05, 4.69) is 5.32 Å². The molecule has 0 amide bonds. The third-order valence-electron chi connectivity index (χ3n) is 2.82. The number of benzene rings is 1. The van der Waals surface area contributed by atoms with Crippen LogP contribution in [0.4, 0.5) is 8.78 Å². The van der Waals surface area contributed by atoms with Gasteiger partial charge in [-0.25, -0.2) is 8.78 Å². The first-order valence-electron chi connectivity index (χ1n) is 6.42. The summed E-state index contributed by atoms with van der Waals surface area (Å²) in [6.07, 6.45) is -1.09. The molecule has 20 heavy (non-hydrogen) atoms. The molecule has 4 nitrogen and oxygen atoms in total. The maximum atomic E-state index is 13.5. The van der Waals surface area contributed by atoms with Gasteiger partial charge in [0.15, 0.2) is 0 Å². The molecule has 3 N–H and O–H groups in total. The van der Waals surface area contributed by atoms with Crippen LogP contribution in [-0.2, 0) is 0 Å². The van der Waals surface area contributed by atoms with Crippen molar-refractivity contribution in [3.63, 3.8) is 0 Å². The summed E-state index contributed by atoms with van der Waals surface area (Å²) in [4.78, 5) is 1.84. The Balaban J connectivity index is 2.49. The lowest BCUT2D eigenvalue weighted by Gasteiger charge is -2.27. The fraction of sp³-hybridized carbons (Fsp3) is 0.571. The van der Waals surface area contributed by atoms with E-state index in [1.807, 2.05) is 19.0 Å². The highest BCUT2D eigenvalue weighted by molar-refractivity contribution is 5.21. The number of nitrogens with zero attached hydrogens (tertiary/aromatic N) is 1. The lowest BCUT2D eigenvalue weighted by Crippen LogP contribution is -2.46. The Hall–Kier alpha value is -1.08. The number of nitrogens with one attached hydrogen (secondary N) is 1. The van der Waals surface area contributed by atoms with Gasteiger partial charge in [0.05, 0.1) is 11.7 Å². The average molecular weight is 288 g/mol. The predicted molar refractivity (Wildman–Crippen MR) is 73.4 cm³/mol. The van der Waals surface area contributed by atoms with Crippen LogP contribution in [0.3, 0.4) is 0 Å². The van der Waals surface area contributed by atoms with Crippen molar-refractivity contribution in [1.82, 2.24) is 10.2 Å². The third-order valence-corrected chi connectivity index (χ3v) is 2.82. The molecule has 114 valence electrons. The first-order valence-corrected chi connectivity index (χ1v) is 6.42. The molecule has 0 fully saturated rings. The molecule has 1 aromatic rings. The van der Waals surface area contributed by atoms with Gasteiger partial charge in [-0.3, -0.25) is 0 Å². The number of aliphatic hydroxyl groups excluding tert-OH is 1. The first-order chi connectivity index (χ1) is 9.21. The van der Waals surface area contributed by atoms with Crippen molar-refractivity contribution in [1.29, 1.82) is 0 Å². The molecule has 0 spiro atoms. The van der Waals surface area contributed by atoms with Gasteiger partial charge in [0.25, 0.3) is 0 Å². The summed E-state index contributed by atoms with van der Waals surface area (Å²) in [5.41, 5.74) is -0.920. The fourth-order valence-electron chi connectivity index (χ4n) is 2.10. The molecule has 2 atom stereocenters. The van der Waals surface area contributed by atoms with E-state index in [4.69, 9.17) is 0 Å².